The topological polar surface area (TPSA) is 86.8 Å². The number of nitrogens with zero attached hydrogens (tertiary/aromatic N) is 2. The van der Waals surface area contributed by atoms with Crippen molar-refractivity contribution < 1.29 is 18.0 Å². The van der Waals surface area contributed by atoms with E-state index in [1.165, 1.54) is 21.3 Å². The highest BCUT2D eigenvalue weighted by Crippen LogP contribution is 2.27. The fourth-order valence-electron chi connectivity index (χ4n) is 3.41. The number of rotatable bonds is 7. The van der Waals surface area contributed by atoms with Crippen molar-refractivity contribution in [2.75, 3.05) is 29.9 Å². The van der Waals surface area contributed by atoms with E-state index in [9.17, 15) is 18.0 Å². The predicted octanol–water partition coefficient (Wildman–Crippen LogP) is 2.71. The van der Waals surface area contributed by atoms with Crippen molar-refractivity contribution >= 4 is 33.2 Å². The maximum absolute atomic E-state index is 12.6. The van der Waals surface area contributed by atoms with E-state index in [1.807, 2.05) is 18.2 Å². The summed E-state index contributed by atoms with van der Waals surface area (Å²) in [6.45, 7) is 4.63. The summed E-state index contributed by atoms with van der Waals surface area (Å²) in [5.74, 6) is -0.813. The van der Waals surface area contributed by atoms with Gasteiger partial charge in [0.2, 0.25) is 21.8 Å². The van der Waals surface area contributed by atoms with E-state index in [2.05, 4.69) is 5.32 Å². The highest BCUT2D eigenvalue weighted by molar-refractivity contribution is 7.89. The minimum atomic E-state index is -3.55. The van der Waals surface area contributed by atoms with Crippen LogP contribution in [-0.2, 0) is 19.6 Å². The molecule has 1 fully saturated rings. The van der Waals surface area contributed by atoms with E-state index in [-0.39, 0.29) is 29.7 Å². The van der Waals surface area contributed by atoms with Crippen molar-refractivity contribution in [1.82, 2.24) is 4.31 Å². The summed E-state index contributed by atoms with van der Waals surface area (Å²) in [6.07, 6.45) is 0.123. The Morgan fingerprint density at radius 1 is 1.07 bits per heavy atom. The number of carbonyl (C=O) groups excluding carboxylic acids is 2. The standard InChI is InChI=1S/C21H25N3O4S/c1-3-23(4-2)29(27,28)19-12-10-18(11-13-19)24-15-16(14-20(24)25)21(26)22-17-8-6-5-7-9-17/h5-13,16H,3-4,14-15H2,1-2H3,(H,22,26)/t16-/m0/s1. The van der Waals surface area contributed by atoms with Crippen molar-refractivity contribution in [3.05, 3.63) is 54.6 Å². The zero-order valence-electron chi connectivity index (χ0n) is 16.5. The number of hydrogen-bond donors (Lipinski definition) is 1. The number of nitrogens with one attached hydrogen (secondary N) is 1. The van der Waals surface area contributed by atoms with E-state index in [4.69, 9.17) is 0 Å². The van der Waals surface area contributed by atoms with Gasteiger partial charge in [-0.3, -0.25) is 9.59 Å². The zero-order valence-corrected chi connectivity index (χ0v) is 17.4. The SMILES string of the molecule is CCN(CC)S(=O)(=O)c1ccc(N2C[C@@H](C(=O)Nc3ccccc3)CC2=O)cc1. The molecule has 1 aliphatic heterocycles. The number of amides is 2. The van der Waals surface area contributed by atoms with Gasteiger partial charge >= 0.3 is 0 Å². The average molecular weight is 416 g/mol. The molecule has 1 atom stereocenters. The molecule has 1 saturated heterocycles. The van der Waals surface area contributed by atoms with Gasteiger partial charge in [0, 0.05) is 37.4 Å². The van der Waals surface area contributed by atoms with Crippen molar-refractivity contribution in [2.45, 2.75) is 25.2 Å². The zero-order chi connectivity index (χ0) is 21.0. The summed E-state index contributed by atoms with van der Waals surface area (Å²) in [4.78, 5) is 26.7. The summed E-state index contributed by atoms with van der Waals surface area (Å²) >= 11 is 0. The number of sulfonamides is 1. The lowest BCUT2D eigenvalue weighted by molar-refractivity contribution is -0.122. The molecule has 2 aromatic rings. The second-order valence-electron chi connectivity index (χ2n) is 6.84. The lowest BCUT2D eigenvalue weighted by Gasteiger charge is -2.20. The molecule has 0 aromatic heterocycles. The second kappa shape index (κ2) is 8.75. The van der Waals surface area contributed by atoms with Gasteiger partial charge in [-0.1, -0.05) is 32.0 Å². The van der Waals surface area contributed by atoms with Gasteiger partial charge in [-0.25, -0.2) is 8.42 Å². The van der Waals surface area contributed by atoms with E-state index in [0.29, 0.717) is 24.5 Å². The molecule has 29 heavy (non-hydrogen) atoms. The lowest BCUT2D eigenvalue weighted by atomic mass is 10.1. The largest absolute Gasteiger partial charge is 0.326 e. The molecule has 1 heterocycles. The third kappa shape index (κ3) is 4.49. The molecule has 2 aromatic carbocycles. The Morgan fingerprint density at radius 2 is 1.69 bits per heavy atom. The van der Waals surface area contributed by atoms with E-state index in [1.54, 1.807) is 38.1 Å². The van der Waals surface area contributed by atoms with Gasteiger partial charge in [0.05, 0.1) is 10.8 Å². The maximum atomic E-state index is 12.6. The Bertz CT molecular complexity index is 971. The fraction of sp³-hybridized carbons (Fsp3) is 0.333. The van der Waals surface area contributed by atoms with Gasteiger partial charge in [-0.2, -0.15) is 4.31 Å². The first-order valence-electron chi connectivity index (χ1n) is 9.63. The highest BCUT2D eigenvalue weighted by atomic mass is 32.2. The molecule has 1 aliphatic rings. The van der Waals surface area contributed by atoms with Gasteiger partial charge in [-0.15, -0.1) is 0 Å². The first kappa shape index (κ1) is 21.0. The van der Waals surface area contributed by atoms with Gasteiger partial charge in [-0.05, 0) is 36.4 Å². The normalized spacial score (nSPS) is 17.0. The summed E-state index contributed by atoms with van der Waals surface area (Å²) in [5.41, 5.74) is 1.28. The number of carbonyl (C=O) groups is 2. The Balaban J connectivity index is 1.71. The minimum Gasteiger partial charge on any atom is -0.326 e. The monoisotopic (exact) mass is 415 g/mol. The molecule has 2 amide bonds. The van der Waals surface area contributed by atoms with E-state index < -0.39 is 15.9 Å². The van der Waals surface area contributed by atoms with Crippen molar-refractivity contribution in [2.24, 2.45) is 5.92 Å². The van der Waals surface area contributed by atoms with E-state index >= 15 is 0 Å². The Labute approximate surface area is 171 Å². The molecule has 154 valence electrons. The van der Waals surface area contributed by atoms with Gasteiger partial charge in [0.15, 0.2) is 0 Å². The summed E-state index contributed by atoms with van der Waals surface area (Å²) in [5, 5.41) is 2.83. The molecule has 0 unspecified atom stereocenters. The first-order valence-corrected chi connectivity index (χ1v) is 11.1. The highest BCUT2D eigenvalue weighted by Gasteiger charge is 2.35. The molecule has 7 nitrogen and oxygen atoms in total. The Hall–Kier alpha value is -2.71. The second-order valence-corrected chi connectivity index (χ2v) is 8.78. The van der Waals surface area contributed by atoms with Crippen LogP contribution in [-0.4, -0.2) is 44.2 Å². The van der Waals surface area contributed by atoms with Crippen molar-refractivity contribution in [1.29, 1.82) is 0 Å². The molecular weight excluding hydrogens is 390 g/mol. The smallest absolute Gasteiger partial charge is 0.243 e. The van der Waals surface area contributed by atoms with Gasteiger partial charge in [0.1, 0.15) is 0 Å². The van der Waals surface area contributed by atoms with Crippen molar-refractivity contribution in [3.8, 4) is 0 Å². The van der Waals surface area contributed by atoms with Crippen LogP contribution in [0.1, 0.15) is 20.3 Å². The lowest BCUT2D eigenvalue weighted by Crippen LogP contribution is -2.31. The predicted molar refractivity (Wildman–Crippen MR) is 112 cm³/mol. The maximum Gasteiger partial charge on any atom is 0.243 e. The first-order chi connectivity index (χ1) is 13.9. The van der Waals surface area contributed by atoms with Crippen LogP contribution in [0.2, 0.25) is 0 Å². The third-order valence-corrected chi connectivity index (χ3v) is 7.09. The molecule has 1 N–H and O–H groups in total. The summed E-state index contributed by atoms with van der Waals surface area (Å²) < 4.78 is 26.6. The van der Waals surface area contributed by atoms with Crippen LogP contribution >= 0.6 is 0 Å². The van der Waals surface area contributed by atoms with Crippen LogP contribution < -0.4 is 10.2 Å². The Kier molecular flexibility index (Phi) is 6.34. The number of benzene rings is 2. The number of para-hydroxylation sites is 1. The number of hydrogen-bond acceptors (Lipinski definition) is 4. The van der Waals surface area contributed by atoms with Crippen LogP contribution in [0.5, 0.6) is 0 Å². The Morgan fingerprint density at radius 3 is 2.28 bits per heavy atom. The molecule has 0 bridgehead atoms. The molecule has 3 rings (SSSR count). The molecular formula is C21H25N3O4S. The van der Waals surface area contributed by atoms with Gasteiger partial charge in [0.25, 0.3) is 0 Å². The average Bonchev–Trinajstić information content (AvgIpc) is 3.11. The molecule has 0 aliphatic carbocycles. The van der Waals surface area contributed by atoms with Crippen molar-refractivity contribution in [3.63, 3.8) is 0 Å². The minimum absolute atomic E-state index is 0.123. The van der Waals surface area contributed by atoms with Crippen LogP contribution in [0.4, 0.5) is 11.4 Å². The fourth-order valence-corrected chi connectivity index (χ4v) is 4.87. The van der Waals surface area contributed by atoms with E-state index in [0.717, 1.165) is 0 Å². The number of anilines is 2. The molecule has 0 saturated carbocycles. The van der Waals surface area contributed by atoms with Crippen LogP contribution in [0, 0.1) is 5.92 Å². The summed E-state index contributed by atoms with van der Waals surface area (Å²) in [6, 6.07) is 15.4. The quantitative estimate of drug-likeness (QED) is 0.753. The third-order valence-electron chi connectivity index (χ3n) is 5.03. The molecule has 8 heteroatoms. The van der Waals surface area contributed by atoms with Crippen LogP contribution in [0.3, 0.4) is 0 Å². The molecule has 0 spiro atoms. The van der Waals surface area contributed by atoms with Gasteiger partial charge < -0.3 is 10.2 Å². The van der Waals surface area contributed by atoms with Crippen LogP contribution in [0.15, 0.2) is 59.5 Å². The van der Waals surface area contributed by atoms with Crippen LogP contribution in [0.25, 0.3) is 0 Å². The molecule has 0 radical (unpaired) electrons. The summed E-state index contributed by atoms with van der Waals surface area (Å²) in [7, 11) is -3.55.